The highest BCUT2D eigenvalue weighted by Crippen LogP contribution is 2.35. The molecule has 2 aliphatic rings. The molecule has 28 heavy (non-hydrogen) atoms. The van der Waals surface area contributed by atoms with Gasteiger partial charge in [0.2, 0.25) is 5.91 Å². The summed E-state index contributed by atoms with van der Waals surface area (Å²) in [6.45, 7) is 3.78. The summed E-state index contributed by atoms with van der Waals surface area (Å²) in [6.07, 6.45) is 0.433. The van der Waals surface area contributed by atoms with Crippen LogP contribution in [-0.4, -0.2) is 52.7 Å². The van der Waals surface area contributed by atoms with Crippen molar-refractivity contribution in [3.63, 3.8) is 0 Å². The van der Waals surface area contributed by atoms with Crippen molar-refractivity contribution in [2.75, 3.05) is 19.6 Å². The molecule has 0 saturated carbocycles. The van der Waals surface area contributed by atoms with Gasteiger partial charge in [0.25, 0.3) is 0 Å². The molecule has 1 amide bonds. The molecule has 1 N–H and O–H groups in total. The number of likely N-dealkylation sites (tertiary alicyclic amines) is 2. The monoisotopic (exact) mass is 382 g/mol. The van der Waals surface area contributed by atoms with Crippen molar-refractivity contribution in [2.45, 2.75) is 43.9 Å². The van der Waals surface area contributed by atoms with E-state index < -0.39 is 6.17 Å². The number of nitrogens with zero attached hydrogens (tertiary/aromatic N) is 2. The zero-order valence-electron chi connectivity index (χ0n) is 16.2. The van der Waals surface area contributed by atoms with Gasteiger partial charge in [-0.1, -0.05) is 42.5 Å². The number of carbonyl (C=O) groups is 1. The summed E-state index contributed by atoms with van der Waals surface area (Å²) in [4.78, 5) is 17.0. The number of alkyl halides is 1. The number of hydrogen-bond acceptors (Lipinski definition) is 3. The van der Waals surface area contributed by atoms with Crippen LogP contribution in [0.15, 0.2) is 54.6 Å². The van der Waals surface area contributed by atoms with Gasteiger partial charge in [-0.2, -0.15) is 0 Å². The molecule has 0 unspecified atom stereocenters. The maximum atomic E-state index is 15.0. The molecule has 0 aliphatic carbocycles. The van der Waals surface area contributed by atoms with Gasteiger partial charge < -0.3 is 10.0 Å². The van der Waals surface area contributed by atoms with Crippen molar-refractivity contribution in [3.05, 3.63) is 65.7 Å². The lowest BCUT2D eigenvalue weighted by Crippen LogP contribution is -2.49. The zero-order valence-corrected chi connectivity index (χ0v) is 16.2. The van der Waals surface area contributed by atoms with Gasteiger partial charge in [0.15, 0.2) is 0 Å². The summed E-state index contributed by atoms with van der Waals surface area (Å²) in [5, 5.41) is 9.44. The van der Waals surface area contributed by atoms with Gasteiger partial charge in [0, 0.05) is 19.0 Å². The molecule has 2 aliphatic heterocycles. The Balaban J connectivity index is 1.41. The van der Waals surface area contributed by atoms with Gasteiger partial charge in [-0.05, 0) is 49.6 Å². The molecule has 4 atom stereocenters. The van der Waals surface area contributed by atoms with Crippen LogP contribution in [0.2, 0.25) is 0 Å². The van der Waals surface area contributed by atoms with E-state index in [0.29, 0.717) is 13.0 Å². The van der Waals surface area contributed by atoms with E-state index in [4.69, 9.17) is 0 Å². The number of piperidine rings is 1. The molecule has 2 aromatic rings. The molecular formula is C23H27FN2O2. The number of aromatic hydroxyl groups is 1. The average molecular weight is 382 g/mol. The summed E-state index contributed by atoms with van der Waals surface area (Å²) in [6, 6.07) is 16.7. The van der Waals surface area contributed by atoms with E-state index in [1.54, 1.807) is 24.3 Å². The van der Waals surface area contributed by atoms with Crippen molar-refractivity contribution < 1.29 is 14.3 Å². The predicted molar refractivity (Wildman–Crippen MR) is 107 cm³/mol. The number of phenolic OH excluding ortho intramolecular Hbond substituents is 1. The van der Waals surface area contributed by atoms with Crippen molar-refractivity contribution in [1.29, 1.82) is 0 Å². The second-order valence-corrected chi connectivity index (χ2v) is 7.92. The topological polar surface area (TPSA) is 43.8 Å². The van der Waals surface area contributed by atoms with E-state index in [0.717, 1.165) is 24.1 Å². The van der Waals surface area contributed by atoms with E-state index in [9.17, 15) is 14.3 Å². The lowest BCUT2D eigenvalue weighted by molar-refractivity contribution is -0.134. The smallest absolute Gasteiger partial charge is 0.240 e. The quantitative estimate of drug-likeness (QED) is 0.873. The van der Waals surface area contributed by atoms with Crippen molar-refractivity contribution in [3.8, 4) is 5.75 Å². The van der Waals surface area contributed by atoms with Crippen LogP contribution in [-0.2, 0) is 4.79 Å². The average Bonchev–Trinajstić information content (AvgIpc) is 3.10. The highest BCUT2D eigenvalue weighted by molar-refractivity contribution is 5.84. The first-order chi connectivity index (χ1) is 13.5. The summed E-state index contributed by atoms with van der Waals surface area (Å²) >= 11 is 0. The number of hydrogen-bond donors (Lipinski definition) is 1. The summed E-state index contributed by atoms with van der Waals surface area (Å²) in [5.41, 5.74) is 2.05. The van der Waals surface area contributed by atoms with Crippen LogP contribution in [0.1, 0.15) is 42.9 Å². The fraction of sp³-hybridized carbons (Fsp3) is 0.435. The lowest BCUT2D eigenvalue weighted by atomic mass is 9.87. The number of halogens is 1. The number of phenols is 1. The molecule has 2 aromatic carbocycles. The number of benzene rings is 2. The molecule has 4 rings (SSSR count). The third-order valence-corrected chi connectivity index (χ3v) is 6.30. The van der Waals surface area contributed by atoms with Crippen molar-refractivity contribution in [2.24, 2.45) is 0 Å². The number of amides is 1. The molecule has 0 aromatic heterocycles. The maximum absolute atomic E-state index is 15.0. The second kappa shape index (κ2) is 7.92. The summed E-state index contributed by atoms with van der Waals surface area (Å²) < 4.78 is 15.0. The molecule has 5 heteroatoms. The van der Waals surface area contributed by atoms with E-state index in [2.05, 4.69) is 6.92 Å². The summed E-state index contributed by atoms with van der Waals surface area (Å²) in [5.74, 6) is 0.139. The Bertz CT molecular complexity index is 811. The molecule has 2 heterocycles. The Labute approximate surface area is 165 Å². The first-order valence-corrected chi connectivity index (χ1v) is 10.1. The Morgan fingerprint density at radius 3 is 2.43 bits per heavy atom. The van der Waals surface area contributed by atoms with Gasteiger partial charge in [0.05, 0.1) is 12.1 Å². The van der Waals surface area contributed by atoms with Gasteiger partial charge in [-0.3, -0.25) is 9.69 Å². The van der Waals surface area contributed by atoms with Gasteiger partial charge in [-0.25, -0.2) is 4.39 Å². The van der Waals surface area contributed by atoms with Crippen molar-refractivity contribution in [1.82, 2.24) is 9.80 Å². The Morgan fingerprint density at radius 1 is 1.04 bits per heavy atom. The first-order valence-electron chi connectivity index (χ1n) is 10.1. The highest BCUT2D eigenvalue weighted by Gasteiger charge is 2.41. The van der Waals surface area contributed by atoms with E-state index in [1.807, 2.05) is 40.1 Å². The Kier molecular flexibility index (Phi) is 5.36. The molecule has 2 saturated heterocycles. The second-order valence-electron chi connectivity index (χ2n) is 7.92. The minimum atomic E-state index is -1.01. The Morgan fingerprint density at radius 2 is 1.75 bits per heavy atom. The molecule has 0 radical (unpaired) electrons. The molecule has 4 nitrogen and oxygen atoms in total. The van der Waals surface area contributed by atoms with Gasteiger partial charge in [0.1, 0.15) is 11.9 Å². The van der Waals surface area contributed by atoms with E-state index in [1.165, 1.54) is 0 Å². The van der Waals surface area contributed by atoms with Gasteiger partial charge in [-0.15, -0.1) is 0 Å². The largest absolute Gasteiger partial charge is 0.508 e. The molecule has 2 fully saturated rings. The highest BCUT2D eigenvalue weighted by atomic mass is 19.1. The van der Waals surface area contributed by atoms with E-state index >= 15 is 0 Å². The van der Waals surface area contributed by atoms with Crippen LogP contribution in [0.4, 0.5) is 4.39 Å². The van der Waals surface area contributed by atoms with Crippen LogP contribution < -0.4 is 0 Å². The fourth-order valence-electron chi connectivity index (χ4n) is 4.63. The zero-order chi connectivity index (χ0) is 19.7. The minimum absolute atomic E-state index is 0.0365. The SMILES string of the molecule is C[C@@H](c1ccccc1)N1CC[C@@H](N2CC[C@@H](c3ccc(O)cc3)[C@H](F)C2)C1=O. The third-order valence-electron chi connectivity index (χ3n) is 6.30. The van der Waals surface area contributed by atoms with Crippen LogP contribution in [0.25, 0.3) is 0 Å². The number of carbonyl (C=O) groups excluding carboxylic acids is 1. The molecule has 148 valence electrons. The van der Waals surface area contributed by atoms with Crippen LogP contribution in [0.5, 0.6) is 5.75 Å². The predicted octanol–water partition coefficient (Wildman–Crippen LogP) is 3.88. The number of rotatable bonds is 4. The minimum Gasteiger partial charge on any atom is -0.508 e. The first kappa shape index (κ1) is 18.9. The maximum Gasteiger partial charge on any atom is 0.240 e. The molecule has 0 bridgehead atoms. The standard InChI is InChI=1S/C23H27FN2O2/c1-16(17-5-3-2-4-6-17)26-14-12-22(23(26)28)25-13-11-20(21(24)15-25)18-7-9-19(27)10-8-18/h2-10,16,20-22,27H,11-15H2,1H3/t16-,20-,21+,22+/m0/s1. The van der Waals surface area contributed by atoms with Crippen LogP contribution >= 0.6 is 0 Å². The normalized spacial score (nSPS) is 27.1. The summed E-state index contributed by atoms with van der Waals surface area (Å²) in [7, 11) is 0. The lowest BCUT2D eigenvalue weighted by Gasteiger charge is -2.38. The third kappa shape index (κ3) is 3.63. The van der Waals surface area contributed by atoms with Crippen LogP contribution in [0, 0.1) is 0 Å². The molecule has 0 spiro atoms. The Hall–Kier alpha value is -2.40. The van der Waals surface area contributed by atoms with Crippen LogP contribution in [0.3, 0.4) is 0 Å². The van der Waals surface area contributed by atoms with E-state index in [-0.39, 0.29) is 36.2 Å². The molecular weight excluding hydrogens is 355 g/mol. The van der Waals surface area contributed by atoms with Gasteiger partial charge >= 0.3 is 0 Å². The fourth-order valence-corrected chi connectivity index (χ4v) is 4.63. The van der Waals surface area contributed by atoms with Crippen molar-refractivity contribution >= 4 is 5.91 Å².